The van der Waals surface area contributed by atoms with Gasteiger partial charge in [-0.25, -0.2) is 9.97 Å². The average molecular weight is 205 g/mol. The first kappa shape index (κ1) is 9.15. The second kappa shape index (κ2) is 4.19. The van der Waals surface area contributed by atoms with Crippen molar-refractivity contribution >= 4 is 17.2 Å². The molecule has 2 aromatic heterocycles. The molecule has 3 nitrogen and oxygen atoms in total. The van der Waals surface area contributed by atoms with E-state index in [1.54, 1.807) is 17.5 Å². The summed E-state index contributed by atoms with van der Waals surface area (Å²) in [6.45, 7) is 2.08. The SMILES string of the molecule is CC(Nc1ccccn1)c1nccs1. The van der Waals surface area contributed by atoms with E-state index in [0.29, 0.717) is 0 Å². The molecule has 0 spiro atoms. The van der Waals surface area contributed by atoms with E-state index in [2.05, 4.69) is 22.2 Å². The van der Waals surface area contributed by atoms with Crippen LogP contribution in [0, 0.1) is 0 Å². The van der Waals surface area contributed by atoms with Crippen molar-refractivity contribution in [1.29, 1.82) is 0 Å². The Morgan fingerprint density at radius 3 is 2.86 bits per heavy atom. The Morgan fingerprint density at radius 2 is 2.21 bits per heavy atom. The van der Waals surface area contributed by atoms with Gasteiger partial charge >= 0.3 is 0 Å². The molecule has 2 heterocycles. The van der Waals surface area contributed by atoms with Gasteiger partial charge in [-0.1, -0.05) is 6.07 Å². The summed E-state index contributed by atoms with van der Waals surface area (Å²) in [5.74, 6) is 0.884. The summed E-state index contributed by atoms with van der Waals surface area (Å²) in [6, 6.07) is 6.03. The molecule has 0 aliphatic rings. The molecule has 0 bridgehead atoms. The van der Waals surface area contributed by atoms with Gasteiger partial charge in [-0.2, -0.15) is 0 Å². The summed E-state index contributed by atoms with van der Waals surface area (Å²) in [5, 5.41) is 6.34. The lowest BCUT2D eigenvalue weighted by molar-refractivity contribution is 0.861. The standard InChI is InChI=1S/C10H11N3S/c1-8(10-12-6-7-14-10)13-9-4-2-3-5-11-9/h2-8H,1H3,(H,11,13). The monoisotopic (exact) mass is 205 g/mol. The largest absolute Gasteiger partial charge is 0.361 e. The maximum Gasteiger partial charge on any atom is 0.126 e. The highest BCUT2D eigenvalue weighted by Crippen LogP contribution is 2.18. The Balaban J connectivity index is 2.06. The Labute approximate surface area is 86.8 Å². The smallest absolute Gasteiger partial charge is 0.126 e. The fourth-order valence-corrected chi connectivity index (χ4v) is 1.83. The Morgan fingerprint density at radius 1 is 1.29 bits per heavy atom. The average Bonchev–Trinajstić information content (AvgIpc) is 2.72. The van der Waals surface area contributed by atoms with E-state index >= 15 is 0 Å². The van der Waals surface area contributed by atoms with Gasteiger partial charge in [0.25, 0.3) is 0 Å². The normalized spacial score (nSPS) is 12.4. The van der Waals surface area contributed by atoms with Gasteiger partial charge in [0.1, 0.15) is 10.8 Å². The molecule has 2 aromatic rings. The van der Waals surface area contributed by atoms with Crippen LogP contribution in [0.25, 0.3) is 0 Å². The van der Waals surface area contributed by atoms with Crippen molar-refractivity contribution < 1.29 is 0 Å². The van der Waals surface area contributed by atoms with Crippen LogP contribution in [0.5, 0.6) is 0 Å². The molecule has 0 aliphatic carbocycles. The van der Waals surface area contributed by atoms with E-state index in [1.165, 1.54) is 0 Å². The second-order valence-electron chi connectivity index (χ2n) is 2.95. The number of pyridine rings is 1. The number of thiazole rings is 1. The van der Waals surface area contributed by atoms with Gasteiger partial charge in [0.2, 0.25) is 0 Å². The first-order valence-corrected chi connectivity index (χ1v) is 5.31. The number of nitrogens with zero attached hydrogens (tertiary/aromatic N) is 2. The molecular weight excluding hydrogens is 194 g/mol. The molecule has 2 rings (SSSR count). The van der Waals surface area contributed by atoms with Crippen molar-refractivity contribution in [3.05, 3.63) is 41.0 Å². The van der Waals surface area contributed by atoms with E-state index in [9.17, 15) is 0 Å². The zero-order chi connectivity index (χ0) is 9.80. The first-order chi connectivity index (χ1) is 6.86. The van der Waals surface area contributed by atoms with Crippen molar-refractivity contribution in [2.75, 3.05) is 5.32 Å². The van der Waals surface area contributed by atoms with Crippen LogP contribution in [0.4, 0.5) is 5.82 Å². The number of nitrogens with one attached hydrogen (secondary N) is 1. The molecular formula is C10H11N3S. The lowest BCUT2D eigenvalue weighted by Gasteiger charge is -2.10. The van der Waals surface area contributed by atoms with Crippen LogP contribution in [-0.2, 0) is 0 Å². The predicted molar refractivity (Wildman–Crippen MR) is 58.4 cm³/mol. The van der Waals surface area contributed by atoms with Gasteiger partial charge in [0, 0.05) is 17.8 Å². The summed E-state index contributed by atoms with van der Waals surface area (Å²) in [5.41, 5.74) is 0. The fraction of sp³-hybridized carbons (Fsp3) is 0.200. The minimum atomic E-state index is 0.213. The van der Waals surface area contributed by atoms with Crippen LogP contribution in [0.2, 0.25) is 0 Å². The van der Waals surface area contributed by atoms with E-state index in [1.807, 2.05) is 29.8 Å². The maximum atomic E-state index is 4.24. The van der Waals surface area contributed by atoms with Crippen LogP contribution >= 0.6 is 11.3 Å². The van der Waals surface area contributed by atoms with Gasteiger partial charge in [-0.05, 0) is 19.1 Å². The highest BCUT2D eigenvalue weighted by Gasteiger charge is 2.07. The summed E-state index contributed by atoms with van der Waals surface area (Å²) < 4.78 is 0. The van der Waals surface area contributed by atoms with Crippen LogP contribution in [-0.4, -0.2) is 9.97 Å². The Kier molecular flexibility index (Phi) is 2.74. The highest BCUT2D eigenvalue weighted by molar-refractivity contribution is 7.09. The van der Waals surface area contributed by atoms with Crippen LogP contribution in [0.1, 0.15) is 18.0 Å². The highest BCUT2D eigenvalue weighted by atomic mass is 32.1. The van der Waals surface area contributed by atoms with E-state index in [-0.39, 0.29) is 6.04 Å². The minimum absolute atomic E-state index is 0.213. The summed E-state index contributed by atoms with van der Waals surface area (Å²) in [6.07, 6.45) is 3.59. The molecule has 1 atom stereocenters. The molecule has 1 unspecified atom stereocenters. The van der Waals surface area contributed by atoms with Crippen molar-refractivity contribution in [2.45, 2.75) is 13.0 Å². The zero-order valence-corrected chi connectivity index (χ0v) is 8.66. The van der Waals surface area contributed by atoms with Crippen molar-refractivity contribution in [1.82, 2.24) is 9.97 Å². The number of anilines is 1. The van der Waals surface area contributed by atoms with E-state index in [4.69, 9.17) is 0 Å². The molecule has 0 radical (unpaired) electrons. The van der Waals surface area contributed by atoms with Crippen molar-refractivity contribution in [2.24, 2.45) is 0 Å². The van der Waals surface area contributed by atoms with Crippen LogP contribution < -0.4 is 5.32 Å². The molecule has 0 fully saturated rings. The molecule has 0 aliphatic heterocycles. The van der Waals surface area contributed by atoms with Crippen LogP contribution in [0.15, 0.2) is 36.0 Å². The molecule has 0 saturated heterocycles. The van der Waals surface area contributed by atoms with Gasteiger partial charge in [-0.15, -0.1) is 11.3 Å². The quantitative estimate of drug-likeness (QED) is 0.837. The fourth-order valence-electron chi connectivity index (χ4n) is 1.18. The van der Waals surface area contributed by atoms with Crippen molar-refractivity contribution in [3.63, 3.8) is 0 Å². The summed E-state index contributed by atoms with van der Waals surface area (Å²) >= 11 is 1.65. The van der Waals surface area contributed by atoms with E-state index < -0.39 is 0 Å². The van der Waals surface area contributed by atoms with Gasteiger partial charge < -0.3 is 5.32 Å². The van der Waals surface area contributed by atoms with Gasteiger partial charge in [-0.3, -0.25) is 0 Å². The summed E-state index contributed by atoms with van der Waals surface area (Å²) in [7, 11) is 0. The third-order valence-corrected chi connectivity index (χ3v) is 2.81. The minimum Gasteiger partial charge on any atom is -0.361 e. The first-order valence-electron chi connectivity index (χ1n) is 4.43. The number of aromatic nitrogens is 2. The third kappa shape index (κ3) is 2.09. The van der Waals surface area contributed by atoms with E-state index in [0.717, 1.165) is 10.8 Å². The number of hydrogen-bond acceptors (Lipinski definition) is 4. The predicted octanol–water partition coefficient (Wildman–Crippen LogP) is 2.71. The molecule has 0 aromatic carbocycles. The Bertz CT molecular complexity index is 372. The van der Waals surface area contributed by atoms with Gasteiger partial charge in [0.05, 0.1) is 6.04 Å². The topological polar surface area (TPSA) is 37.8 Å². The summed E-state index contributed by atoms with van der Waals surface area (Å²) in [4.78, 5) is 8.43. The second-order valence-corrected chi connectivity index (χ2v) is 3.88. The van der Waals surface area contributed by atoms with Crippen LogP contribution in [0.3, 0.4) is 0 Å². The zero-order valence-electron chi connectivity index (χ0n) is 7.84. The third-order valence-electron chi connectivity index (χ3n) is 1.85. The molecule has 4 heteroatoms. The maximum absolute atomic E-state index is 4.24. The Hall–Kier alpha value is -1.42. The molecule has 14 heavy (non-hydrogen) atoms. The molecule has 0 amide bonds. The number of rotatable bonds is 3. The lowest BCUT2D eigenvalue weighted by atomic mass is 10.3. The van der Waals surface area contributed by atoms with Gasteiger partial charge in [0.15, 0.2) is 0 Å². The lowest BCUT2D eigenvalue weighted by Crippen LogP contribution is -2.06. The molecule has 72 valence electrons. The van der Waals surface area contributed by atoms with Crippen molar-refractivity contribution in [3.8, 4) is 0 Å². The molecule has 1 N–H and O–H groups in total. The molecule has 0 saturated carbocycles. The number of hydrogen-bond donors (Lipinski definition) is 1.